The molecule has 0 unspecified atom stereocenters. The molecule has 0 amide bonds. The fourth-order valence-corrected chi connectivity index (χ4v) is 2.04. The van der Waals surface area contributed by atoms with Crippen LogP contribution in [0.2, 0.25) is 0 Å². The fraction of sp³-hybridized carbons (Fsp3) is 0.267. The van der Waals surface area contributed by atoms with Crippen molar-refractivity contribution in [2.45, 2.75) is 20.5 Å². The van der Waals surface area contributed by atoms with Crippen LogP contribution in [0.1, 0.15) is 16.8 Å². The van der Waals surface area contributed by atoms with Crippen LogP contribution >= 0.6 is 0 Å². The van der Waals surface area contributed by atoms with Crippen molar-refractivity contribution in [3.63, 3.8) is 0 Å². The number of aryl methyl sites for hydroxylation is 1. The molecular formula is C15H13F4NO2. The maximum absolute atomic E-state index is 13.5. The lowest BCUT2D eigenvalue weighted by molar-refractivity contribution is 0.257. The van der Waals surface area contributed by atoms with Gasteiger partial charge in [0.1, 0.15) is 12.4 Å². The zero-order chi connectivity index (χ0) is 16.4. The van der Waals surface area contributed by atoms with E-state index in [2.05, 4.69) is 4.98 Å². The van der Waals surface area contributed by atoms with Gasteiger partial charge >= 0.3 is 0 Å². The van der Waals surface area contributed by atoms with E-state index in [-0.39, 0.29) is 12.7 Å². The topological polar surface area (TPSA) is 31.4 Å². The van der Waals surface area contributed by atoms with Gasteiger partial charge in [0.05, 0.1) is 12.8 Å². The van der Waals surface area contributed by atoms with Crippen LogP contribution in [0.15, 0.2) is 12.3 Å². The number of nitrogens with zero attached hydrogens (tertiary/aromatic N) is 1. The van der Waals surface area contributed by atoms with E-state index < -0.39 is 29.0 Å². The van der Waals surface area contributed by atoms with Crippen molar-refractivity contribution in [2.75, 3.05) is 7.11 Å². The van der Waals surface area contributed by atoms with Crippen molar-refractivity contribution in [1.29, 1.82) is 0 Å². The van der Waals surface area contributed by atoms with Crippen molar-refractivity contribution in [1.82, 2.24) is 4.98 Å². The van der Waals surface area contributed by atoms with Gasteiger partial charge < -0.3 is 9.47 Å². The number of hydrogen-bond acceptors (Lipinski definition) is 3. The van der Waals surface area contributed by atoms with Crippen LogP contribution in [0, 0.1) is 37.1 Å². The van der Waals surface area contributed by atoms with Crippen molar-refractivity contribution in [3.05, 3.63) is 52.4 Å². The number of halogens is 4. The summed E-state index contributed by atoms with van der Waals surface area (Å²) in [4.78, 5) is 4.07. The van der Waals surface area contributed by atoms with E-state index >= 15 is 0 Å². The van der Waals surface area contributed by atoms with Crippen molar-refractivity contribution < 1.29 is 27.0 Å². The van der Waals surface area contributed by atoms with Gasteiger partial charge in [0.2, 0.25) is 11.6 Å². The number of hydrogen-bond donors (Lipinski definition) is 0. The fourth-order valence-electron chi connectivity index (χ4n) is 2.04. The first-order valence-electron chi connectivity index (χ1n) is 6.31. The van der Waals surface area contributed by atoms with Gasteiger partial charge in [-0.3, -0.25) is 4.98 Å². The van der Waals surface area contributed by atoms with Crippen LogP contribution in [0.25, 0.3) is 0 Å². The highest BCUT2D eigenvalue weighted by Gasteiger charge is 2.21. The molecule has 1 aromatic heterocycles. The molecule has 1 heterocycles. The van der Waals surface area contributed by atoms with Crippen LogP contribution in [-0.4, -0.2) is 12.1 Å². The molecule has 3 nitrogen and oxygen atoms in total. The molecule has 0 saturated heterocycles. The Bertz CT molecular complexity index is 693. The van der Waals surface area contributed by atoms with Gasteiger partial charge in [0, 0.05) is 23.4 Å². The Kier molecular flexibility index (Phi) is 4.54. The highest BCUT2D eigenvalue weighted by atomic mass is 19.2. The molecule has 0 bridgehead atoms. The molecular weight excluding hydrogens is 302 g/mol. The Morgan fingerprint density at radius 3 is 2.14 bits per heavy atom. The molecule has 0 fully saturated rings. The second kappa shape index (κ2) is 6.21. The van der Waals surface area contributed by atoms with Crippen LogP contribution < -0.4 is 9.47 Å². The number of ether oxygens (including phenoxy) is 2. The molecule has 0 radical (unpaired) electrons. The Morgan fingerprint density at radius 2 is 1.59 bits per heavy atom. The molecule has 0 saturated carbocycles. The molecule has 0 aliphatic rings. The largest absolute Gasteiger partial charge is 0.496 e. The molecule has 2 rings (SSSR count). The van der Waals surface area contributed by atoms with Crippen molar-refractivity contribution in [3.8, 4) is 11.5 Å². The Morgan fingerprint density at radius 1 is 1.00 bits per heavy atom. The van der Waals surface area contributed by atoms with Crippen molar-refractivity contribution >= 4 is 0 Å². The predicted molar refractivity (Wildman–Crippen MR) is 70.9 cm³/mol. The smallest absolute Gasteiger partial charge is 0.203 e. The van der Waals surface area contributed by atoms with Gasteiger partial charge in [-0.2, -0.15) is 8.78 Å². The third-order valence-corrected chi connectivity index (χ3v) is 3.17. The summed E-state index contributed by atoms with van der Waals surface area (Å²) in [5.74, 6) is -6.79. The number of pyridine rings is 1. The average molecular weight is 315 g/mol. The van der Waals surface area contributed by atoms with E-state index in [1.54, 1.807) is 13.8 Å². The number of rotatable bonds is 4. The second-order valence-electron chi connectivity index (χ2n) is 4.63. The molecule has 0 spiro atoms. The summed E-state index contributed by atoms with van der Waals surface area (Å²) in [6.07, 6.45) is 1.50. The molecule has 0 aliphatic heterocycles. The molecule has 0 aliphatic carbocycles. The molecule has 0 N–H and O–H groups in total. The van der Waals surface area contributed by atoms with Gasteiger partial charge in [0.25, 0.3) is 0 Å². The lowest BCUT2D eigenvalue weighted by Gasteiger charge is -2.14. The SMILES string of the molecule is COc1c(C)cnc(COc2c(F)c(F)cc(F)c2F)c1C. The molecule has 0 atom stereocenters. The first-order chi connectivity index (χ1) is 10.4. The van der Waals surface area contributed by atoms with Crippen LogP contribution in [0.4, 0.5) is 17.6 Å². The molecule has 118 valence electrons. The first-order valence-corrected chi connectivity index (χ1v) is 6.31. The lowest BCUT2D eigenvalue weighted by Crippen LogP contribution is -2.07. The minimum atomic E-state index is -1.59. The Labute approximate surface area is 124 Å². The number of methoxy groups -OCH3 is 1. The number of benzene rings is 1. The van der Waals surface area contributed by atoms with Gasteiger partial charge in [0.15, 0.2) is 17.4 Å². The Hall–Kier alpha value is -2.31. The quantitative estimate of drug-likeness (QED) is 0.634. The summed E-state index contributed by atoms with van der Waals surface area (Å²) in [5.41, 5.74) is 1.73. The van der Waals surface area contributed by atoms with Gasteiger partial charge in [-0.05, 0) is 13.8 Å². The van der Waals surface area contributed by atoms with Gasteiger partial charge in [-0.25, -0.2) is 8.78 Å². The monoisotopic (exact) mass is 315 g/mol. The minimum absolute atomic E-state index is 0.121. The standard InChI is InChI=1S/C15H13F4NO2/c1-7-5-20-11(8(2)14(7)21-3)6-22-15-12(18)9(16)4-10(17)13(15)19/h4-5H,6H2,1-3H3. The molecule has 7 heteroatoms. The normalized spacial score (nSPS) is 10.7. The highest BCUT2D eigenvalue weighted by molar-refractivity contribution is 5.41. The zero-order valence-corrected chi connectivity index (χ0v) is 12.1. The Balaban J connectivity index is 2.32. The zero-order valence-electron chi connectivity index (χ0n) is 12.1. The second-order valence-corrected chi connectivity index (χ2v) is 4.63. The third kappa shape index (κ3) is 2.84. The van der Waals surface area contributed by atoms with E-state index in [0.717, 1.165) is 5.56 Å². The predicted octanol–water partition coefficient (Wildman–Crippen LogP) is 3.84. The highest BCUT2D eigenvalue weighted by Crippen LogP contribution is 2.29. The van der Waals surface area contributed by atoms with Crippen LogP contribution in [0.5, 0.6) is 11.5 Å². The number of aromatic nitrogens is 1. The minimum Gasteiger partial charge on any atom is -0.496 e. The third-order valence-electron chi connectivity index (χ3n) is 3.17. The summed E-state index contributed by atoms with van der Waals surface area (Å²) in [6.45, 7) is 3.11. The van der Waals surface area contributed by atoms with Crippen LogP contribution in [-0.2, 0) is 6.61 Å². The van der Waals surface area contributed by atoms with Crippen LogP contribution in [0.3, 0.4) is 0 Å². The summed E-state index contributed by atoms with van der Waals surface area (Å²) in [7, 11) is 1.47. The summed E-state index contributed by atoms with van der Waals surface area (Å²) >= 11 is 0. The molecule has 1 aromatic carbocycles. The molecule has 2 aromatic rings. The van der Waals surface area contributed by atoms with E-state index in [1.807, 2.05) is 0 Å². The maximum Gasteiger partial charge on any atom is 0.203 e. The van der Waals surface area contributed by atoms with E-state index in [4.69, 9.17) is 9.47 Å². The average Bonchev–Trinajstić information content (AvgIpc) is 2.47. The summed E-state index contributed by atoms with van der Waals surface area (Å²) in [6, 6.07) is 0.121. The van der Waals surface area contributed by atoms with E-state index in [0.29, 0.717) is 17.0 Å². The lowest BCUT2D eigenvalue weighted by atomic mass is 10.1. The van der Waals surface area contributed by atoms with Crippen molar-refractivity contribution in [2.24, 2.45) is 0 Å². The summed E-state index contributed by atoms with van der Waals surface area (Å²) < 4.78 is 63.3. The first kappa shape index (κ1) is 16.1. The van der Waals surface area contributed by atoms with Gasteiger partial charge in [-0.1, -0.05) is 0 Å². The van der Waals surface area contributed by atoms with E-state index in [9.17, 15) is 17.6 Å². The maximum atomic E-state index is 13.5. The van der Waals surface area contributed by atoms with Gasteiger partial charge in [-0.15, -0.1) is 0 Å². The summed E-state index contributed by atoms with van der Waals surface area (Å²) in [5, 5.41) is 0. The molecule has 22 heavy (non-hydrogen) atoms. The van der Waals surface area contributed by atoms with E-state index in [1.165, 1.54) is 13.3 Å².